The first-order valence-electron chi connectivity index (χ1n) is 8.10. The van der Waals surface area contributed by atoms with Crippen molar-refractivity contribution in [3.63, 3.8) is 0 Å². The summed E-state index contributed by atoms with van der Waals surface area (Å²) in [5.74, 6) is -1.16. The number of rotatable bonds is 6. The molecule has 1 amide bonds. The number of benzene rings is 2. The van der Waals surface area contributed by atoms with E-state index in [1.54, 1.807) is 7.05 Å². The van der Waals surface area contributed by atoms with Gasteiger partial charge in [-0.25, -0.2) is 9.59 Å². The molecule has 0 radical (unpaired) electrons. The maximum atomic E-state index is 12.0. The molecule has 2 aromatic rings. The van der Waals surface area contributed by atoms with Crippen LogP contribution in [-0.2, 0) is 9.53 Å². The molecule has 1 aliphatic rings. The molecule has 2 aromatic carbocycles. The Bertz CT molecular complexity index is 745. The Kier molecular flexibility index (Phi) is 5.00. The molecule has 1 aliphatic carbocycles. The number of ether oxygens (including phenoxy) is 1. The number of carboxylic acid groups (broad SMARTS) is 1. The van der Waals surface area contributed by atoms with Crippen LogP contribution >= 0.6 is 0 Å². The summed E-state index contributed by atoms with van der Waals surface area (Å²) in [5, 5.41) is 14.2. The second-order valence-corrected chi connectivity index (χ2v) is 5.92. The molecule has 6 heteroatoms. The Morgan fingerprint density at radius 2 is 1.64 bits per heavy atom. The van der Waals surface area contributed by atoms with Crippen LogP contribution in [0, 0.1) is 0 Å². The number of carbonyl (C=O) groups is 2. The highest BCUT2D eigenvalue weighted by atomic mass is 16.5. The molecule has 25 heavy (non-hydrogen) atoms. The first-order chi connectivity index (χ1) is 12.1. The third-order valence-electron chi connectivity index (χ3n) is 4.34. The Hall–Kier alpha value is -2.86. The lowest BCUT2D eigenvalue weighted by Gasteiger charge is -2.17. The summed E-state index contributed by atoms with van der Waals surface area (Å²) in [6.07, 6.45) is -0.732. The van der Waals surface area contributed by atoms with Crippen LogP contribution in [0.3, 0.4) is 0 Å². The minimum absolute atomic E-state index is 0.0503. The fraction of sp³-hybridized carbons (Fsp3) is 0.263. The molecule has 3 rings (SSSR count). The van der Waals surface area contributed by atoms with E-state index in [0.29, 0.717) is 0 Å². The summed E-state index contributed by atoms with van der Waals surface area (Å²) >= 11 is 0. The Labute approximate surface area is 145 Å². The zero-order valence-corrected chi connectivity index (χ0v) is 13.9. The fourth-order valence-corrected chi connectivity index (χ4v) is 3.19. The van der Waals surface area contributed by atoms with Crippen LogP contribution in [-0.4, -0.2) is 43.4 Å². The monoisotopic (exact) mass is 340 g/mol. The first-order valence-corrected chi connectivity index (χ1v) is 8.10. The quantitative estimate of drug-likeness (QED) is 0.750. The summed E-state index contributed by atoms with van der Waals surface area (Å²) < 4.78 is 5.33. The maximum absolute atomic E-state index is 12.0. The molecular weight excluding hydrogens is 320 g/mol. The number of aliphatic carboxylic acids is 1. The Balaban J connectivity index is 1.71. The molecule has 3 N–H and O–H groups in total. The average Bonchev–Trinajstić information content (AvgIpc) is 2.93. The highest BCUT2D eigenvalue weighted by Crippen LogP contribution is 2.44. The van der Waals surface area contributed by atoms with Crippen molar-refractivity contribution in [2.45, 2.75) is 12.0 Å². The molecular formula is C19H20N2O4. The van der Waals surface area contributed by atoms with Crippen molar-refractivity contribution in [2.24, 2.45) is 0 Å². The van der Waals surface area contributed by atoms with Gasteiger partial charge in [0.15, 0.2) is 0 Å². The standard InChI is InChI=1S/C19H20N2O4/c1-20-10-17(18(22)23)21-19(24)25-11-16-14-8-4-2-6-12(14)13-7-3-5-9-15(13)16/h2-9,16-17,20H,10-11H2,1H3,(H,21,24)(H,22,23)/t17-/m0/s1. The molecule has 0 fully saturated rings. The second kappa shape index (κ2) is 7.36. The fourth-order valence-electron chi connectivity index (χ4n) is 3.19. The van der Waals surface area contributed by atoms with Crippen molar-refractivity contribution in [3.8, 4) is 11.1 Å². The van der Waals surface area contributed by atoms with Gasteiger partial charge in [0.05, 0.1) is 0 Å². The summed E-state index contributed by atoms with van der Waals surface area (Å²) in [6.45, 7) is 0.283. The van der Waals surface area contributed by atoms with Gasteiger partial charge < -0.3 is 20.5 Å². The van der Waals surface area contributed by atoms with Gasteiger partial charge in [0.2, 0.25) is 0 Å². The van der Waals surface area contributed by atoms with Gasteiger partial charge in [0.25, 0.3) is 0 Å². The van der Waals surface area contributed by atoms with E-state index in [2.05, 4.69) is 22.8 Å². The second-order valence-electron chi connectivity index (χ2n) is 5.92. The molecule has 6 nitrogen and oxygen atoms in total. The SMILES string of the molecule is CNC[C@H](NC(=O)OCC1c2ccccc2-c2ccccc21)C(=O)O. The van der Waals surface area contributed by atoms with Crippen molar-refractivity contribution in [1.82, 2.24) is 10.6 Å². The lowest BCUT2D eigenvalue weighted by atomic mass is 9.98. The highest BCUT2D eigenvalue weighted by Gasteiger charge is 2.29. The zero-order valence-electron chi connectivity index (χ0n) is 13.9. The van der Waals surface area contributed by atoms with Gasteiger partial charge in [-0.05, 0) is 29.3 Å². The van der Waals surface area contributed by atoms with E-state index in [1.807, 2.05) is 36.4 Å². The highest BCUT2D eigenvalue weighted by molar-refractivity contribution is 5.81. The number of likely N-dealkylation sites (N-methyl/N-ethyl adjacent to an activating group) is 1. The van der Waals surface area contributed by atoms with Crippen LogP contribution in [0.5, 0.6) is 0 Å². The lowest BCUT2D eigenvalue weighted by molar-refractivity contribution is -0.139. The summed E-state index contributed by atoms with van der Waals surface area (Å²) in [7, 11) is 1.62. The maximum Gasteiger partial charge on any atom is 0.407 e. The molecule has 0 aromatic heterocycles. The zero-order chi connectivity index (χ0) is 17.8. The molecule has 0 unspecified atom stereocenters. The van der Waals surface area contributed by atoms with Crippen LogP contribution in [0.1, 0.15) is 17.0 Å². The summed E-state index contributed by atoms with van der Waals surface area (Å²) in [6, 6.07) is 15.0. The molecule has 0 bridgehead atoms. The molecule has 0 spiro atoms. The topological polar surface area (TPSA) is 87.7 Å². The molecule has 1 atom stereocenters. The molecule has 0 saturated heterocycles. The van der Waals surface area contributed by atoms with Gasteiger partial charge in [0.1, 0.15) is 12.6 Å². The number of hydrogen-bond acceptors (Lipinski definition) is 4. The van der Waals surface area contributed by atoms with Gasteiger partial charge >= 0.3 is 12.1 Å². The van der Waals surface area contributed by atoms with Gasteiger partial charge in [-0.2, -0.15) is 0 Å². The number of carbonyl (C=O) groups excluding carboxylic acids is 1. The van der Waals surface area contributed by atoms with E-state index in [9.17, 15) is 9.59 Å². The van der Waals surface area contributed by atoms with E-state index in [0.717, 1.165) is 22.3 Å². The van der Waals surface area contributed by atoms with E-state index >= 15 is 0 Å². The van der Waals surface area contributed by atoms with E-state index in [4.69, 9.17) is 9.84 Å². The van der Waals surface area contributed by atoms with E-state index < -0.39 is 18.1 Å². The largest absolute Gasteiger partial charge is 0.480 e. The lowest BCUT2D eigenvalue weighted by Crippen LogP contribution is -2.46. The van der Waals surface area contributed by atoms with Crippen LogP contribution in [0.15, 0.2) is 48.5 Å². The predicted molar refractivity (Wildman–Crippen MR) is 93.6 cm³/mol. The number of amides is 1. The van der Waals surface area contributed by atoms with Gasteiger partial charge in [-0.15, -0.1) is 0 Å². The number of fused-ring (bicyclic) bond motifs is 3. The third kappa shape index (κ3) is 3.49. The average molecular weight is 340 g/mol. The number of nitrogens with one attached hydrogen (secondary N) is 2. The third-order valence-corrected chi connectivity index (χ3v) is 4.34. The molecule has 0 aliphatic heterocycles. The van der Waals surface area contributed by atoms with E-state index in [1.165, 1.54) is 0 Å². The predicted octanol–water partition coefficient (Wildman–Crippen LogP) is 2.20. The summed E-state index contributed by atoms with van der Waals surface area (Å²) in [4.78, 5) is 23.1. The molecule has 0 saturated carbocycles. The Morgan fingerprint density at radius 1 is 1.08 bits per heavy atom. The minimum Gasteiger partial charge on any atom is -0.480 e. The first kappa shape index (κ1) is 17.0. The van der Waals surface area contributed by atoms with Gasteiger partial charge in [-0.3, -0.25) is 0 Å². The molecule has 130 valence electrons. The normalized spacial score (nSPS) is 13.6. The van der Waals surface area contributed by atoms with Crippen LogP contribution in [0.25, 0.3) is 11.1 Å². The van der Waals surface area contributed by atoms with Crippen LogP contribution in [0.2, 0.25) is 0 Å². The van der Waals surface area contributed by atoms with Crippen molar-refractivity contribution in [2.75, 3.05) is 20.2 Å². The summed E-state index contributed by atoms with van der Waals surface area (Å²) in [5.41, 5.74) is 4.51. The number of hydrogen-bond donors (Lipinski definition) is 3. The number of alkyl carbamates (subject to hydrolysis) is 1. The van der Waals surface area contributed by atoms with Crippen LogP contribution in [0.4, 0.5) is 4.79 Å². The van der Waals surface area contributed by atoms with Crippen molar-refractivity contribution >= 4 is 12.1 Å². The van der Waals surface area contributed by atoms with Gasteiger partial charge in [-0.1, -0.05) is 48.5 Å². The Morgan fingerprint density at radius 3 is 2.16 bits per heavy atom. The van der Waals surface area contributed by atoms with Gasteiger partial charge in [0, 0.05) is 12.5 Å². The van der Waals surface area contributed by atoms with Crippen molar-refractivity contribution < 1.29 is 19.4 Å². The van der Waals surface area contributed by atoms with E-state index in [-0.39, 0.29) is 19.1 Å². The molecule has 0 heterocycles. The minimum atomic E-state index is -1.11. The smallest absolute Gasteiger partial charge is 0.407 e. The van der Waals surface area contributed by atoms with Crippen molar-refractivity contribution in [3.05, 3.63) is 59.7 Å². The van der Waals surface area contributed by atoms with Crippen molar-refractivity contribution in [1.29, 1.82) is 0 Å². The van der Waals surface area contributed by atoms with Crippen LogP contribution < -0.4 is 10.6 Å². The number of carboxylic acids is 1.